The van der Waals surface area contributed by atoms with E-state index in [1.54, 1.807) is 20.8 Å². The number of carbonyl (C=O) groups excluding carboxylic acids is 2. The molecule has 172 valence electrons. The molecule has 10 nitrogen and oxygen atoms in total. The molecule has 3 rings (SSSR count). The Labute approximate surface area is 181 Å². The summed E-state index contributed by atoms with van der Waals surface area (Å²) in [5.41, 5.74) is -0.519. The van der Waals surface area contributed by atoms with Gasteiger partial charge in [-0.1, -0.05) is 0 Å². The molecule has 0 saturated carbocycles. The van der Waals surface area contributed by atoms with Gasteiger partial charge in [-0.25, -0.2) is 8.42 Å². The third-order valence-electron chi connectivity index (χ3n) is 4.79. The smallest absolute Gasteiger partial charge is 0.325 e. The van der Waals surface area contributed by atoms with Crippen LogP contribution in [0.25, 0.3) is 0 Å². The minimum absolute atomic E-state index is 0.0952. The average molecular weight is 457 g/mol. The Morgan fingerprint density at radius 2 is 1.87 bits per heavy atom. The molecular formula is C20H28N2O8S. The maximum absolute atomic E-state index is 13.2. The van der Waals surface area contributed by atoms with Crippen molar-refractivity contribution in [3.05, 3.63) is 18.2 Å². The molecule has 1 saturated heterocycles. The maximum Gasteiger partial charge on any atom is 0.325 e. The van der Waals surface area contributed by atoms with Crippen LogP contribution < -0.4 is 14.8 Å². The summed E-state index contributed by atoms with van der Waals surface area (Å²) in [6.07, 6.45) is -2.29. The third-order valence-corrected chi connectivity index (χ3v) is 6.66. The molecule has 1 fully saturated rings. The van der Waals surface area contributed by atoms with Crippen molar-refractivity contribution in [3.8, 4) is 11.5 Å². The van der Waals surface area contributed by atoms with Gasteiger partial charge < -0.3 is 24.6 Å². The zero-order chi connectivity index (χ0) is 23.0. The summed E-state index contributed by atoms with van der Waals surface area (Å²) >= 11 is 0. The van der Waals surface area contributed by atoms with Crippen molar-refractivity contribution >= 4 is 21.9 Å². The van der Waals surface area contributed by atoms with Crippen LogP contribution in [0.5, 0.6) is 11.5 Å². The lowest BCUT2D eigenvalue weighted by Crippen LogP contribution is -2.48. The lowest BCUT2D eigenvalue weighted by atomic mass is 10.1. The molecule has 0 aliphatic carbocycles. The van der Waals surface area contributed by atoms with Gasteiger partial charge in [-0.15, -0.1) is 0 Å². The predicted molar refractivity (Wildman–Crippen MR) is 109 cm³/mol. The van der Waals surface area contributed by atoms with Gasteiger partial charge in [0.1, 0.15) is 19.3 Å². The van der Waals surface area contributed by atoms with Crippen LogP contribution in [-0.4, -0.2) is 73.3 Å². The number of nitrogens with one attached hydrogen (secondary N) is 1. The normalized spacial score (nSPS) is 22.6. The van der Waals surface area contributed by atoms with Crippen LogP contribution in [0.15, 0.2) is 23.1 Å². The van der Waals surface area contributed by atoms with Crippen molar-refractivity contribution in [2.45, 2.75) is 62.8 Å². The highest BCUT2D eigenvalue weighted by Crippen LogP contribution is 2.35. The topological polar surface area (TPSA) is 131 Å². The quantitative estimate of drug-likeness (QED) is 0.610. The summed E-state index contributed by atoms with van der Waals surface area (Å²) in [7, 11) is -4.15. The summed E-state index contributed by atoms with van der Waals surface area (Å²) in [5.74, 6) is -0.671. The highest BCUT2D eigenvalue weighted by Gasteiger charge is 2.45. The van der Waals surface area contributed by atoms with E-state index in [1.165, 1.54) is 25.1 Å². The number of rotatable bonds is 5. The molecule has 1 aromatic rings. The van der Waals surface area contributed by atoms with Crippen LogP contribution in [-0.2, 0) is 24.3 Å². The average Bonchev–Trinajstić information content (AvgIpc) is 3.09. The molecule has 0 bridgehead atoms. The number of esters is 1. The number of amides is 1. The number of aliphatic hydroxyl groups is 1. The maximum atomic E-state index is 13.2. The zero-order valence-electron chi connectivity index (χ0n) is 18.0. The van der Waals surface area contributed by atoms with Gasteiger partial charge in [0, 0.05) is 24.6 Å². The van der Waals surface area contributed by atoms with Gasteiger partial charge >= 0.3 is 5.97 Å². The molecule has 2 aliphatic heterocycles. The van der Waals surface area contributed by atoms with Crippen LogP contribution in [0.1, 0.15) is 34.1 Å². The largest absolute Gasteiger partial charge is 0.486 e. The van der Waals surface area contributed by atoms with Gasteiger partial charge in [0.05, 0.1) is 11.0 Å². The highest BCUT2D eigenvalue weighted by atomic mass is 32.2. The van der Waals surface area contributed by atoms with Gasteiger partial charge in [0.2, 0.25) is 10.0 Å². The molecule has 0 unspecified atom stereocenters. The molecule has 2 heterocycles. The van der Waals surface area contributed by atoms with E-state index in [0.29, 0.717) is 24.7 Å². The van der Waals surface area contributed by atoms with Crippen molar-refractivity contribution in [1.29, 1.82) is 0 Å². The molecule has 2 aliphatic rings. The Bertz CT molecular complexity index is 956. The number of fused-ring (bicyclic) bond motifs is 1. The lowest BCUT2D eigenvalue weighted by molar-refractivity contribution is -0.158. The van der Waals surface area contributed by atoms with Gasteiger partial charge in [0.25, 0.3) is 5.91 Å². The van der Waals surface area contributed by atoms with E-state index >= 15 is 0 Å². The zero-order valence-corrected chi connectivity index (χ0v) is 18.8. The van der Waals surface area contributed by atoms with E-state index in [0.717, 1.165) is 4.31 Å². The second-order valence-electron chi connectivity index (χ2n) is 8.60. The molecule has 1 aromatic carbocycles. The van der Waals surface area contributed by atoms with E-state index < -0.39 is 45.7 Å². The van der Waals surface area contributed by atoms with Crippen LogP contribution in [0, 0.1) is 0 Å². The predicted octanol–water partition coefficient (Wildman–Crippen LogP) is 0.428. The molecule has 2 N–H and O–H groups in total. The van der Waals surface area contributed by atoms with Crippen molar-refractivity contribution < 1.29 is 37.3 Å². The number of nitrogens with zero attached hydrogens (tertiary/aromatic N) is 1. The fourth-order valence-electron chi connectivity index (χ4n) is 3.36. The molecule has 0 aromatic heterocycles. The number of hydrogen-bond donors (Lipinski definition) is 2. The fourth-order valence-corrected chi connectivity index (χ4v) is 5.00. The first-order valence-corrected chi connectivity index (χ1v) is 11.4. The summed E-state index contributed by atoms with van der Waals surface area (Å²) in [6, 6.07) is 2.92. The number of carbonyl (C=O) groups is 2. The van der Waals surface area contributed by atoms with Gasteiger partial charge in [-0.3, -0.25) is 9.59 Å². The number of aliphatic hydroxyl groups excluding tert-OH is 1. The number of ether oxygens (including phenoxy) is 3. The van der Waals surface area contributed by atoms with Crippen LogP contribution in [0.3, 0.4) is 0 Å². The molecule has 3 atom stereocenters. The first-order chi connectivity index (χ1) is 14.4. The summed E-state index contributed by atoms with van der Waals surface area (Å²) in [5, 5.41) is 12.8. The Kier molecular flexibility index (Phi) is 6.49. The first kappa shape index (κ1) is 23.3. The van der Waals surface area contributed by atoms with E-state index in [1.807, 2.05) is 0 Å². The van der Waals surface area contributed by atoms with Crippen molar-refractivity contribution in [3.63, 3.8) is 0 Å². The summed E-state index contributed by atoms with van der Waals surface area (Å²) in [6.45, 7) is 7.16. The van der Waals surface area contributed by atoms with Gasteiger partial charge in [-0.05, 0) is 39.8 Å². The van der Waals surface area contributed by atoms with E-state index in [-0.39, 0.29) is 17.9 Å². The Morgan fingerprint density at radius 3 is 2.52 bits per heavy atom. The minimum Gasteiger partial charge on any atom is -0.486 e. The first-order valence-electron chi connectivity index (χ1n) is 10.0. The van der Waals surface area contributed by atoms with Gasteiger partial charge in [0.15, 0.2) is 17.6 Å². The molecule has 31 heavy (non-hydrogen) atoms. The van der Waals surface area contributed by atoms with Crippen molar-refractivity contribution in [2.75, 3.05) is 19.8 Å². The number of hydrogen-bond acceptors (Lipinski definition) is 8. The minimum atomic E-state index is -4.15. The molecule has 11 heteroatoms. The van der Waals surface area contributed by atoms with Crippen molar-refractivity contribution in [1.82, 2.24) is 9.62 Å². The van der Waals surface area contributed by atoms with Crippen LogP contribution >= 0.6 is 0 Å². The second kappa shape index (κ2) is 8.64. The third kappa shape index (κ3) is 5.28. The van der Waals surface area contributed by atoms with E-state index in [9.17, 15) is 23.1 Å². The second-order valence-corrected chi connectivity index (χ2v) is 10.5. The Hall–Kier alpha value is -2.37. The molecule has 1 amide bonds. The summed E-state index contributed by atoms with van der Waals surface area (Å²) < 4.78 is 43.4. The molecule has 0 spiro atoms. The van der Waals surface area contributed by atoms with Crippen LogP contribution in [0.2, 0.25) is 0 Å². The van der Waals surface area contributed by atoms with E-state index in [4.69, 9.17) is 14.2 Å². The number of β-amino-alcohol motifs (C(OH)–C–C–N with tert-alkyl or cyclic N) is 1. The lowest BCUT2D eigenvalue weighted by Gasteiger charge is -2.26. The number of sulfonamides is 1. The molecular weight excluding hydrogens is 428 g/mol. The highest BCUT2D eigenvalue weighted by molar-refractivity contribution is 7.89. The fraction of sp³-hybridized carbons (Fsp3) is 0.600. The van der Waals surface area contributed by atoms with E-state index in [2.05, 4.69) is 5.32 Å². The van der Waals surface area contributed by atoms with Gasteiger partial charge in [-0.2, -0.15) is 4.31 Å². The Balaban J connectivity index is 1.78. The summed E-state index contributed by atoms with van der Waals surface area (Å²) in [4.78, 5) is 24.8. The Morgan fingerprint density at radius 1 is 1.23 bits per heavy atom. The van der Waals surface area contributed by atoms with Crippen molar-refractivity contribution in [2.24, 2.45) is 0 Å². The number of benzene rings is 1. The monoisotopic (exact) mass is 456 g/mol. The standard InChI is InChI=1S/C20H28N2O8S/c1-12(18(24)21-20(2,3)4)30-19(25)15-9-13(23)11-22(15)31(26,27)14-5-6-16-17(10-14)29-8-7-28-16/h5-6,10,12-13,15,23H,7-9,11H2,1-4H3,(H,21,24)/t12-,13+,15-/m0/s1. The SMILES string of the molecule is C[C@H](OC(=O)[C@@H]1C[C@@H](O)CN1S(=O)(=O)c1ccc2c(c1)OCCO2)C(=O)NC(C)(C)C. The molecule has 0 radical (unpaired) electrons. The van der Waals surface area contributed by atoms with Crippen LogP contribution in [0.4, 0.5) is 0 Å².